The minimum Gasteiger partial charge on any atom is -0.448 e. The van der Waals surface area contributed by atoms with E-state index in [1.54, 1.807) is 20.0 Å². The zero-order valence-electron chi connectivity index (χ0n) is 13.4. The predicted octanol–water partition coefficient (Wildman–Crippen LogP) is 4.11. The Labute approximate surface area is 144 Å². The molecular weight excluding hydrogens is 322 g/mol. The zero-order chi connectivity index (χ0) is 17.1. The van der Waals surface area contributed by atoms with Crippen molar-refractivity contribution in [1.82, 2.24) is 0 Å². The lowest BCUT2D eigenvalue weighted by atomic mass is 10.2. The molecule has 1 amide bonds. The quantitative estimate of drug-likeness (QED) is 0.672. The van der Waals surface area contributed by atoms with Gasteiger partial charge in [0.05, 0.1) is 0 Å². The summed E-state index contributed by atoms with van der Waals surface area (Å²) in [6, 6.07) is 18.8. The highest BCUT2D eigenvalue weighted by atomic mass is 32.1. The van der Waals surface area contributed by atoms with Crippen LogP contribution in [0.2, 0.25) is 0 Å². The van der Waals surface area contributed by atoms with E-state index in [0.717, 1.165) is 15.8 Å². The fourth-order valence-corrected chi connectivity index (χ4v) is 3.35. The molecule has 3 rings (SSSR count). The molecule has 122 valence electrons. The molecule has 1 aromatic heterocycles. The molecule has 0 saturated carbocycles. The average molecular weight is 339 g/mol. The largest absolute Gasteiger partial charge is 0.448 e. The van der Waals surface area contributed by atoms with Gasteiger partial charge in [0, 0.05) is 17.4 Å². The number of likely N-dealkylation sites (N-methyl/N-ethyl adjacent to an activating group) is 1. The summed E-state index contributed by atoms with van der Waals surface area (Å²) < 4.78 is 6.37. The van der Waals surface area contributed by atoms with Gasteiger partial charge in [0.15, 0.2) is 6.10 Å². The minimum absolute atomic E-state index is 0.268. The van der Waals surface area contributed by atoms with Gasteiger partial charge >= 0.3 is 5.97 Å². The van der Waals surface area contributed by atoms with Crippen molar-refractivity contribution in [2.24, 2.45) is 0 Å². The zero-order valence-corrected chi connectivity index (χ0v) is 14.2. The fourth-order valence-electron chi connectivity index (χ4n) is 2.40. The highest BCUT2D eigenvalue weighted by Crippen LogP contribution is 2.26. The first-order valence-corrected chi connectivity index (χ1v) is 8.40. The van der Waals surface area contributed by atoms with Gasteiger partial charge in [0.1, 0.15) is 4.88 Å². The third-order valence-electron chi connectivity index (χ3n) is 3.73. The van der Waals surface area contributed by atoms with Crippen LogP contribution in [0.5, 0.6) is 0 Å². The van der Waals surface area contributed by atoms with Gasteiger partial charge in [0.2, 0.25) is 0 Å². The Balaban J connectivity index is 1.70. The van der Waals surface area contributed by atoms with Crippen LogP contribution >= 0.6 is 11.3 Å². The molecule has 2 aromatic carbocycles. The van der Waals surface area contributed by atoms with Crippen molar-refractivity contribution >= 4 is 39.0 Å². The number of hydrogen-bond donors (Lipinski definition) is 0. The molecule has 0 bridgehead atoms. The Kier molecular flexibility index (Phi) is 4.62. The smallest absolute Gasteiger partial charge is 0.349 e. The summed E-state index contributed by atoms with van der Waals surface area (Å²) in [5.41, 5.74) is 0.757. The van der Waals surface area contributed by atoms with Crippen LogP contribution < -0.4 is 4.90 Å². The van der Waals surface area contributed by atoms with E-state index in [2.05, 4.69) is 0 Å². The Bertz CT molecular complexity index is 839. The summed E-state index contributed by atoms with van der Waals surface area (Å²) in [6.07, 6.45) is -0.854. The Morgan fingerprint density at radius 2 is 1.71 bits per heavy atom. The molecule has 0 fully saturated rings. The van der Waals surface area contributed by atoms with Crippen LogP contribution in [0.3, 0.4) is 0 Å². The van der Waals surface area contributed by atoms with E-state index in [-0.39, 0.29) is 5.91 Å². The summed E-state index contributed by atoms with van der Waals surface area (Å²) in [4.78, 5) is 26.7. The lowest BCUT2D eigenvalue weighted by Crippen LogP contribution is -2.37. The molecule has 24 heavy (non-hydrogen) atoms. The molecule has 0 aliphatic rings. The molecule has 0 aliphatic heterocycles. The molecule has 1 unspecified atom stereocenters. The van der Waals surface area contributed by atoms with Crippen LogP contribution in [-0.4, -0.2) is 25.0 Å². The van der Waals surface area contributed by atoms with Crippen LogP contribution in [0, 0.1) is 0 Å². The number of anilines is 1. The first kappa shape index (κ1) is 16.2. The van der Waals surface area contributed by atoms with E-state index in [9.17, 15) is 9.59 Å². The molecule has 0 aliphatic carbocycles. The average Bonchev–Trinajstić information content (AvgIpc) is 3.05. The summed E-state index contributed by atoms with van der Waals surface area (Å²) in [5, 5.41) is 0.995. The number of ether oxygens (including phenoxy) is 1. The number of fused-ring (bicyclic) bond motifs is 1. The van der Waals surface area contributed by atoms with Gasteiger partial charge in [-0.05, 0) is 36.6 Å². The molecule has 0 saturated heterocycles. The van der Waals surface area contributed by atoms with Gasteiger partial charge < -0.3 is 9.64 Å². The third kappa shape index (κ3) is 3.31. The second-order valence-electron chi connectivity index (χ2n) is 5.43. The SMILES string of the molecule is CC(OC(=O)c1cc2ccccc2s1)C(=O)N(C)c1ccccc1. The Morgan fingerprint density at radius 3 is 2.42 bits per heavy atom. The van der Waals surface area contributed by atoms with Crippen LogP contribution in [0.25, 0.3) is 10.1 Å². The number of carbonyl (C=O) groups excluding carboxylic acids is 2. The normalized spacial score (nSPS) is 11.9. The monoisotopic (exact) mass is 339 g/mol. The van der Waals surface area contributed by atoms with Gasteiger partial charge in [-0.2, -0.15) is 0 Å². The van der Waals surface area contributed by atoms with Gasteiger partial charge in [-0.1, -0.05) is 36.4 Å². The second-order valence-corrected chi connectivity index (χ2v) is 6.51. The maximum absolute atomic E-state index is 12.4. The number of thiophene rings is 1. The predicted molar refractivity (Wildman–Crippen MR) is 96.6 cm³/mol. The van der Waals surface area contributed by atoms with Crippen molar-refractivity contribution in [2.45, 2.75) is 13.0 Å². The summed E-state index contributed by atoms with van der Waals surface area (Å²) >= 11 is 1.36. The van der Waals surface area contributed by atoms with Crippen LogP contribution in [-0.2, 0) is 9.53 Å². The molecule has 5 heteroatoms. The summed E-state index contributed by atoms with van der Waals surface area (Å²) in [5.74, 6) is -0.742. The topological polar surface area (TPSA) is 46.6 Å². The molecule has 3 aromatic rings. The third-order valence-corrected chi connectivity index (χ3v) is 4.83. The van der Waals surface area contributed by atoms with Crippen molar-refractivity contribution in [3.8, 4) is 0 Å². The highest BCUT2D eigenvalue weighted by molar-refractivity contribution is 7.20. The first-order chi connectivity index (χ1) is 11.6. The van der Waals surface area contributed by atoms with Gasteiger partial charge in [-0.15, -0.1) is 11.3 Å². The van der Waals surface area contributed by atoms with Gasteiger partial charge in [-0.25, -0.2) is 4.79 Å². The van der Waals surface area contributed by atoms with Crippen LogP contribution in [0.1, 0.15) is 16.6 Å². The number of nitrogens with zero attached hydrogens (tertiary/aromatic N) is 1. The maximum atomic E-state index is 12.4. The minimum atomic E-state index is -0.854. The standard InChI is InChI=1S/C19H17NO3S/c1-13(18(21)20(2)15-9-4-3-5-10-15)23-19(22)17-12-14-8-6-7-11-16(14)24-17/h3-13H,1-2H3. The fraction of sp³-hybridized carbons (Fsp3) is 0.158. The van der Waals surface area contributed by atoms with Crippen molar-refractivity contribution in [1.29, 1.82) is 0 Å². The lowest BCUT2D eigenvalue weighted by Gasteiger charge is -2.21. The van der Waals surface area contributed by atoms with Crippen LogP contribution in [0.15, 0.2) is 60.7 Å². The van der Waals surface area contributed by atoms with E-state index in [0.29, 0.717) is 4.88 Å². The summed E-state index contributed by atoms with van der Waals surface area (Å²) in [7, 11) is 1.67. The number of amides is 1. The Hall–Kier alpha value is -2.66. The Morgan fingerprint density at radius 1 is 1.04 bits per heavy atom. The summed E-state index contributed by atoms with van der Waals surface area (Å²) in [6.45, 7) is 1.59. The van der Waals surface area contributed by atoms with Gasteiger partial charge in [0.25, 0.3) is 5.91 Å². The van der Waals surface area contributed by atoms with E-state index >= 15 is 0 Å². The molecule has 1 atom stereocenters. The molecule has 0 N–H and O–H groups in total. The van der Waals surface area contributed by atoms with Gasteiger partial charge in [-0.3, -0.25) is 4.79 Å². The second kappa shape index (κ2) is 6.84. The molecule has 0 spiro atoms. The van der Waals surface area contributed by atoms with Crippen molar-refractivity contribution in [2.75, 3.05) is 11.9 Å². The molecule has 4 nitrogen and oxygen atoms in total. The van der Waals surface area contributed by atoms with Crippen molar-refractivity contribution in [3.05, 3.63) is 65.5 Å². The molecular formula is C19H17NO3S. The number of para-hydroxylation sites is 1. The van der Waals surface area contributed by atoms with E-state index in [1.165, 1.54) is 16.2 Å². The van der Waals surface area contributed by atoms with E-state index in [4.69, 9.17) is 4.74 Å². The lowest BCUT2D eigenvalue weighted by molar-refractivity contribution is -0.126. The van der Waals surface area contributed by atoms with E-state index in [1.807, 2.05) is 54.6 Å². The van der Waals surface area contributed by atoms with Crippen molar-refractivity contribution in [3.63, 3.8) is 0 Å². The molecule has 0 radical (unpaired) electrons. The number of benzene rings is 2. The first-order valence-electron chi connectivity index (χ1n) is 7.58. The number of esters is 1. The van der Waals surface area contributed by atoms with Crippen LogP contribution in [0.4, 0.5) is 5.69 Å². The number of carbonyl (C=O) groups is 2. The van der Waals surface area contributed by atoms with E-state index < -0.39 is 12.1 Å². The maximum Gasteiger partial charge on any atom is 0.349 e. The highest BCUT2D eigenvalue weighted by Gasteiger charge is 2.23. The van der Waals surface area contributed by atoms with Crippen molar-refractivity contribution < 1.29 is 14.3 Å². The number of hydrogen-bond acceptors (Lipinski definition) is 4. The number of rotatable bonds is 4. The molecule has 1 heterocycles.